The van der Waals surface area contributed by atoms with Crippen molar-refractivity contribution < 1.29 is 4.79 Å². The summed E-state index contributed by atoms with van der Waals surface area (Å²) in [4.78, 5) is 29.7. The van der Waals surface area contributed by atoms with Crippen molar-refractivity contribution in [3.05, 3.63) is 21.7 Å². The van der Waals surface area contributed by atoms with Crippen molar-refractivity contribution in [1.29, 1.82) is 0 Å². The van der Waals surface area contributed by atoms with Gasteiger partial charge in [0.15, 0.2) is 5.82 Å². The number of nitrogens with zero attached hydrogens (tertiary/aromatic N) is 2. The largest absolute Gasteiger partial charge is 0.368 e. The number of anilines is 1. The summed E-state index contributed by atoms with van der Waals surface area (Å²) in [7, 11) is 0. The van der Waals surface area contributed by atoms with Gasteiger partial charge in [0.1, 0.15) is 5.02 Å². The Kier molecular flexibility index (Phi) is 3.68. The molecular weight excluding hydrogens is 220 g/mol. The number of nitrogens with two attached hydrogens (primary N) is 1. The fourth-order valence-electron chi connectivity index (χ4n) is 1.12. The zero-order chi connectivity index (χ0) is 11.4. The number of halogens is 1. The van der Waals surface area contributed by atoms with Gasteiger partial charge in [-0.2, -0.15) is 0 Å². The minimum Gasteiger partial charge on any atom is -0.368 e. The summed E-state index contributed by atoms with van der Waals surface area (Å²) >= 11 is 5.75. The van der Waals surface area contributed by atoms with Crippen LogP contribution in [0.1, 0.15) is 6.92 Å². The van der Waals surface area contributed by atoms with Gasteiger partial charge in [-0.25, -0.2) is 4.98 Å². The first kappa shape index (κ1) is 11.5. The lowest BCUT2D eigenvalue weighted by Gasteiger charge is -2.20. The summed E-state index contributed by atoms with van der Waals surface area (Å²) in [6, 6.07) is 0. The van der Waals surface area contributed by atoms with Crippen molar-refractivity contribution in [3.8, 4) is 0 Å². The molecule has 0 spiro atoms. The number of likely N-dealkylation sites (N-methyl/N-ethyl adjacent to an activating group) is 1. The number of primary amides is 1. The Morgan fingerprint density at radius 1 is 1.73 bits per heavy atom. The molecule has 1 heterocycles. The Hall–Kier alpha value is -1.56. The predicted molar refractivity (Wildman–Crippen MR) is 56.9 cm³/mol. The van der Waals surface area contributed by atoms with E-state index in [-0.39, 0.29) is 17.4 Å². The molecule has 15 heavy (non-hydrogen) atoms. The maximum atomic E-state index is 11.2. The molecule has 0 unspecified atom stereocenters. The summed E-state index contributed by atoms with van der Waals surface area (Å²) in [5.74, 6) is -0.239. The molecule has 0 fully saturated rings. The Balaban J connectivity index is 3.07. The third kappa shape index (κ3) is 2.69. The predicted octanol–water partition coefficient (Wildman–Crippen LogP) is -0.265. The first-order valence-electron chi connectivity index (χ1n) is 4.32. The number of carbonyl (C=O) groups is 1. The fraction of sp³-hybridized carbons (Fsp3) is 0.375. The minimum absolute atomic E-state index is 0.0212. The molecule has 82 valence electrons. The number of amides is 1. The van der Waals surface area contributed by atoms with E-state index in [4.69, 9.17) is 17.3 Å². The average Bonchev–Trinajstić information content (AvgIpc) is 2.19. The molecule has 0 saturated heterocycles. The summed E-state index contributed by atoms with van der Waals surface area (Å²) < 4.78 is 0. The Morgan fingerprint density at radius 3 is 2.93 bits per heavy atom. The number of aromatic amines is 1. The number of hydrogen-bond acceptors (Lipinski definition) is 4. The van der Waals surface area contributed by atoms with E-state index in [1.807, 2.05) is 6.92 Å². The van der Waals surface area contributed by atoms with Crippen LogP contribution in [0.5, 0.6) is 0 Å². The van der Waals surface area contributed by atoms with E-state index in [0.29, 0.717) is 6.54 Å². The molecule has 1 amide bonds. The lowest BCUT2D eigenvalue weighted by atomic mass is 10.4. The van der Waals surface area contributed by atoms with Crippen LogP contribution in [0.15, 0.2) is 11.1 Å². The highest BCUT2D eigenvalue weighted by molar-refractivity contribution is 6.32. The van der Waals surface area contributed by atoms with Crippen molar-refractivity contribution in [2.75, 3.05) is 18.0 Å². The molecule has 1 aromatic heterocycles. The van der Waals surface area contributed by atoms with Gasteiger partial charge >= 0.3 is 0 Å². The van der Waals surface area contributed by atoms with E-state index in [1.54, 1.807) is 0 Å². The molecule has 7 heteroatoms. The highest BCUT2D eigenvalue weighted by atomic mass is 35.5. The van der Waals surface area contributed by atoms with Crippen LogP contribution in [-0.2, 0) is 4.79 Å². The maximum Gasteiger partial charge on any atom is 0.271 e. The third-order valence-electron chi connectivity index (χ3n) is 1.81. The molecule has 6 nitrogen and oxygen atoms in total. The number of rotatable bonds is 4. The van der Waals surface area contributed by atoms with Gasteiger partial charge in [-0.3, -0.25) is 9.59 Å². The monoisotopic (exact) mass is 230 g/mol. The van der Waals surface area contributed by atoms with Crippen LogP contribution in [0.25, 0.3) is 0 Å². The quantitative estimate of drug-likeness (QED) is 0.745. The second-order valence-corrected chi connectivity index (χ2v) is 3.23. The van der Waals surface area contributed by atoms with Crippen LogP contribution in [0.2, 0.25) is 5.02 Å². The molecule has 3 N–H and O–H groups in total. The van der Waals surface area contributed by atoms with Crippen molar-refractivity contribution in [3.63, 3.8) is 0 Å². The SMILES string of the molecule is CCN(CC(N)=O)c1nc[nH]c(=O)c1Cl. The van der Waals surface area contributed by atoms with E-state index < -0.39 is 11.5 Å². The van der Waals surface area contributed by atoms with E-state index in [0.717, 1.165) is 0 Å². The molecule has 1 aromatic rings. The lowest BCUT2D eigenvalue weighted by molar-refractivity contribution is -0.116. The minimum atomic E-state index is -0.505. The number of hydrogen-bond donors (Lipinski definition) is 2. The molecule has 0 saturated carbocycles. The van der Waals surface area contributed by atoms with Gasteiger partial charge in [0, 0.05) is 6.54 Å². The maximum absolute atomic E-state index is 11.2. The van der Waals surface area contributed by atoms with Crippen molar-refractivity contribution >= 4 is 23.3 Å². The second kappa shape index (κ2) is 4.79. The standard InChI is InChI=1S/C8H11ClN4O2/c1-2-13(3-5(10)14)7-6(9)8(15)12-4-11-7/h4H,2-3H2,1H3,(H2,10,14)(H,11,12,15). The zero-order valence-corrected chi connectivity index (χ0v) is 8.91. The highest BCUT2D eigenvalue weighted by Crippen LogP contribution is 2.17. The average molecular weight is 231 g/mol. The molecule has 1 rings (SSSR count). The highest BCUT2D eigenvalue weighted by Gasteiger charge is 2.14. The third-order valence-corrected chi connectivity index (χ3v) is 2.15. The number of H-pyrrole nitrogens is 1. The molecule has 0 bridgehead atoms. The van der Waals surface area contributed by atoms with Gasteiger partial charge in [0.2, 0.25) is 5.91 Å². The van der Waals surface area contributed by atoms with E-state index in [2.05, 4.69) is 9.97 Å². The van der Waals surface area contributed by atoms with Crippen molar-refractivity contribution in [2.45, 2.75) is 6.92 Å². The van der Waals surface area contributed by atoms with Crippen LogP contribution < -0.4 is 16.2 Å². The first-order valence-corrected chi connectivity index (χ1v) is 4.70. The zero-order valence-electron chi connectivity index (χ0n) is 8.16. The van der Waals surface area contributed by atoms with Crippen LogP contribution in [-0.4, -0.2) is 29.0 Å². The molecule has 0 aromatic carbocycles. The van der Waals surface area contributed by atoms with Crippen LogP contribution in [0.4, 0.5) is 5.82 Å². The number of aromatic nitrogens is 2. The number of nitrogens with one attached hydrogen (secondary N) is 1. The van der Waals surface area contributed by atoms with Gasteiger partial charge in [0.25, 0.3) is 5.56 Å². The summed E-state index contributed by atoms with van der Waals surface area (Å²) in [5, 5.41) is -0.0411. The smallest absolute Gasteiger partial charge is 0.271 e. The molecule has 0 aliphatic heterocycles. The van der Waals surface area contributed by atoms with E-state index >= 15 is 0 Å². The van der Waals surface area contributed by atoms with Gasteiger partial charge in [-0.15, -0.1) is 0 Å². The summed E-state index contributed by atoms with van der Waals surface area (Å²) in [6.45, 7) is 2.27. The second-order valence-electron chi connectivity index (χ2n) is 2.85. The number of carbonyl (C=O) groups excluding carboxylic acids is 1. The van der Waals surface area contributed by atoms with Gasteiger partial charge < -0.3 is 15.6 Å². The van der Waals surface area contributed by atoms with Crippen molar-refractivity contribution in [2.24, 2.45) is 5.73 Å². The lowest BCUT2D eigenvalue weighted by Crippen LogP contribution is -2.35. The van der Waals surface area contributed by atoms with E-state index in [1.165, 1.54) is 11.2 Å². The van der Waals surface area contributed by atoms with Crippen LogP contribution >= 0.6 is 11.6 Å². The molecule has 0 aliphatic rings. The van der Waals surface area contributed by atoms with Gasteiger partial charge in [-0.05, 0) is 6.92 Å². The van der Waals surface area contributed by atoms with Crippen LogP contribution in [0, 0.1) is 0 Å². The normalized spacial score (nSPS) is 10.0. The molecule has 0 aliphatic carbocycles. The molecule has 0 atom stereocenters. The van der Waals surface area contributed by atoms with Gasteiger partial charge in [-0.1, -0.05) is 11.6 Å². The molecular formula is C8H11ClN4O2. The Morgan fingerprint density at radius 2 is 2.40 bits per heavy atom. The summed E-state index contributed by atoms with van der Waals surface area (Å²) in [6.07, 6.45) is 1.23. The van der Waals surface area contributed by atoms with E-state index in [9.17, 15) is 9.59 Å². The topological polar surface area (TPSA) is 92.1 Å². The first-order chi connectivity index (χ1) is 7.06. The molecule has 0 radical (unpaired) electrons. The summed E-state index contributed by atoms with van der Waals surface area (Å²) in [5.41, 5.74) is 4.62. The van der Waals surface area contributed by atoms with Crippen molar-refractivity contribution in [1.82, 2.24) is 9.97 Å². The van der Waals surface area contributed by atoms with Gasteiger partial charge in [0.05, 0.1) is 12.9 Å². The Labute approximate surface area is 91.1 Å². The fourth-order valence-corrected chi connectivity index (χ4v) is 1.34. The van der Waals surface area contributed by atoms with Crippen LogP contribution in [0.3, 0.4) is 0 Å². The Bertz CT molecular complexity index is 417.